The molecule has 0 aliphatic rings. The van der Waals surface area contributed by atoms with Crippen LogP contribution in [0.1, 0.15) is 47.1 Å². The highest BCUT2D eigenvalue weighted by molar-refractivity contribution is 7.18. The van der Waals surface area contributed by atoms with Crippen LogP contribution in [0.25, 0.3) is 0 Å². The molecule has 1 aromatic carbocycles. The van der Waals surface area contributed by atoms with E-state index in [4.69, 9.17) is 0 Å². The molecule has 0 nitrogen and oxygen atoms in total. The predicted octanol–water partition coefficient (Wildman–Crippen LogP) is 4.54. The average Bonchev–Trinajstić information content (AvgIpc) is 2.25. The molecule has 108 valence electrons. The first kappa shape index (κ1) is 16.9. The first-order valence-corrected chi connectivity index (χ1v) is 10.8. The van der Waals surface area contributed by atoms with Gasteiger partial charge in [-0.1, -0.05) is 84.1 Å². The third-order valence-electron chi connectivity index (χ3n) is 4.40. The zero-order chi connectivity index (χ0) is 15.1. The lowest BCUT2D eigenvalue weighted by molar-refractivity contribution is 0.140. The molecule has 0 aliphatic carbocycles. The zero-order valence-electron chi connectivity index (χ0n) is 14.0. The van der Waals surface area contributed by atoms with Crippen molar-refractivity contribution in [2.75, 3.05) is 0 Å². The second kappa shape index (κ2) is 5.33. The summed E-state index contributed by atoms with van der Waals surface area (Å²) in [5.41, 5.74) is 1.84. The molecule has 1 rings (SSSR count). The fourth-order valence-electron chi connectivity index (χ4n) is 3.12. The molecule has 1 unspecified atom stereocenters. The third kappa shape index (κ3) is 3.14. The van der Waals surface area contributed by atoms with Gasteiger partial charge in [0.1, 0.15) is 0 Å². The number of hydrogen-bond acceptors (Lipinski definition) is 0. The summed E-state index contributed by atoms with van der Waals surface area (Å²) in [6.07, 6.45) is 0. The van der Waals surface area contributed by atoms with Crippen LogP contribution >= 0.6 is 9.24 Å². The van der Waals surface area contributed by atoms with E-state index in [1.807, 2.05) is 0 Å². The van der Waals surface area contributed by atoms with Crippen molar-refractivity contribution in [3.05, 3.63) is 29.8 Å². The Kier molecular flexibility index (Phi) is 4.75. The Bertz CT molecular complexity index is 404. The van der Waals surface area contributed by atoms with Crippen LogP contribution in [0, 0.1) is 10.8 Å². The molecule has 1 atom stereocenters. The van der Waals surface area contributed by atoms with Crippen molar-refractivity contribution in [1.82, 2.24) is 0 Å². The lowest BCUT2D eigenvalue weighted by atomic mass is 9.62. The van der Waals surface area contributed by atoms with Gasteiger partial charge in [-0.25, -0.2) is 0 Å². The van der Waals surface area contributed by atoms with Crippen molar-refractivity contribution in [2.45, 2.75) is 59.8 Å². The Morgan fingerprint density at radius 1 is 0.789 bits per heavy atom. The van der Waals surface area contributed by atoms with Crippen LogP contribution in [-0.4, -0.2) is 8.80 Å². The lowest BCUT2D eigenvalue weighted by Crippen LogP contribution is -2.45. The van der Waals surface area contributed by atoms with Gasteiger partial charge in [-0.05, 0) is 16.4 Å². The van der Waals surface area contributed by atoms with Crippen molar-refractivity contribution >= 4 is 23.2 Å². The lowest BCUT2D eigenvalue weighted by Gasteiger charge is -2.51. The van der Waals surface area contributed by atoms with E-state index >= 15 is 0 Å². The number of benzene rings is 1. The quantitative estimate of drug-likeness (QED) is 0.555. The van der Waals surface area contributed by atoms with Gasteiger partial charge in [0.2, 0.25) is 0 Å². The number of hydrogen-bond donors (Lipinski definition) is 0. The van der Waals surface area contributed by atoms with Gasteiger partial charge in [-0.15, -0.1) is 9.24 Å². The van der Waals surface area contributed by atoms with E-state index in [-0.39, 0.29) is 16.0 Å². The summed E-state index contributed by atoms with van der Waals surface area (Å²) in [6.45, 7) is 18.8. The predicted molar refractivity (Wildman–Crippen MR) is 95.3 cm³/mol. The van der Waals surface area contributed by atoms with Gasteiger partial charge in [-0.2, -0.15) is 0 Å². The number of rotatable bonds is 2. The Morgan fingerprint density at radius 3 is 1.42 bits per heavy atom. The third-order valence-corrected chi connectivity index (χ3v) is 8.18. The van der Waals surface area contributed by atoms with E-state index in [1.165, 1.54) is 5.56 Å². The fraction of sp³-hybridized carbons (Fsp3) is 0.647. The second-order valence-electron chi connectivity index (χ2n) is 8.08. The van der Waals surface area contributed by atoms with E-state index in [1.54, 1.807) is 5.19 Å². The summed E-state index contributed by atoms with van der Waals surface area (Å²) in [5.74, 6) is 0. The molecule has 0 spiro atoms. The van der Waals surface area contributed by atoms with Crippen molar-refractivity contribution < 1.29 is 0 Å². The van der Waals surface area contributed by atoms with Crippen molar-refractivity contribution in [3.63, 3.8) is 0 Å². The zero-order valence-corrected chi connectivity index (χ0v) is 16.3. The first-order chi connectivity index (χ1) is 8.41. The summed E-state index contributed by atoms with van der Waals surface area (Å²) in [6, 6.07) is 9.41. The second-order valence-corrected chi connectivity index (χ2v) is 11.9. The molecule has 0 aliphatic heterocycles. The molecule has 0 N–H and O–H groups in total. The minimum absolute atomic E-state index is 0.0804. The van der Waals surface area contributed by atoms with Crippen molar-refractivity contribution in [1.29, 1.82) is 0 Å². The average molecular weight is 294 g/mol. The molecule has 0 amide bonds. The molecule has 0 bridgehead atoms. The Hall–Kier alpha value is -0.133. The fourth-order valence-corrected chi connectivity index (χ4v) is 4.28. The van der Waals surface area contributed by atoms with Crippen LogP contribution in [-0.2, 0) is 5.16 Å². The normalized spacial score (nSPS) is 14.0. The van der Waals surface area contributed by atoms with E-state index in [9.17, 15) is 0 Å². The molecule has 0 saturated heterocycles. The monoisotopic (exact) mass is 294 g/mol. The maximum atomic E-state index is 3.17. The standard InChI is InChI=1S/C17H31PSi/c1-15(2,3)17(18,16(4,5)6)13-9-11-14(12-10-13)19(7)8/h9-12,19H,18H2,1-8H3. The van der Waals surface area contributed by atoms with E-state index in [0.29, 0.717) is 0 Å². The molecular weight excluding hydrogens is 263 g/mol. The maximum absolute atomic E-state index is 3.17. The van der Waals surface area contributed by atoms with Gasteiger partial charge in [0.15, 0.2) is 0 Å². The summed E-state index contributed by atoms with van der Waals surface area (Å²) >= 11 is 0. The molecule has 2 heteroatoms. The van der Waals surface area contributed by atoms with Gasteiger partial charge < -0.3 is 0 Å². The summed E-state index contributed by atoms with van der Waals surface area (Å²) in [5, 5.41) is 1.63. The van der Waals surface area contributed by atoms with E-state index in [0.717, 1.165) is 0 Å². The first-order valence-electron chi connectivity index (χ1n) is 7.30. The molecule has 19 heavy (non-hydrogen) atoms. The molecular formula is C17H31PSi. The summed E-state index contributed by atoms with van der Waals surface area (Å²) in [7, 11) is 2.48. The smallest absolute Gasteiger partial charge is 0.0647 e. The van der Waals surface area contributed by atoms with E-state index in [2.05, 4.69) is 88.1 Å². The van der Waals surface area contributed by atoms with Crippen molar-refractivity contribution in [2.24, 2.45) is 10.8 Å². The van der Waals surface area contributed by atoms with Gasteiger partial charge in [0, 0.05) is 5.16 Å². The van der Waals surface area contributed by atoms with Crippen LogP contribution in [0.4, 0.5) is 0 Å². The van der Waals surface area contributed by atoms with Gasteiger partial charge >= 0.3 is 0 Å². The van der Waals surface area contributed by atoms with Gasteiger partial charge in [0.05, 0.1) is 8.80 Å². The highest BCUT2D eigenvalue weighted by Crippen LogP contribution is 2.57. The van der Waals surface area contributed by atoms with Crippen LogP contribution in [0.3, 0.4) is 0 Å². The van der Waals surface area contributed by atoms with Crippen molar-refractivity contribution in [3.8, 4) is 0 Å². The Morgan fingerprint density at radius 2 is 1.16 bits per heavy atom. The minimum atomic E-state index is -0.694. The summed E-state index contributed by atoms with van der Waals surface area (Å²) < 4.78 is 0. The Balaban J connectivity index is 3.36. The van der Waals surface area contributed by atoms with Crippen LogP contribution < -0.4 is 5.19 Å². The highest BCUT2D eigenvalue weighted by Gasteiger charge is 2.48. The highest BCUT2D eigenvalue weighted by atomic mass is 31.0. The summed E-state index contributed by atoms with van der Waals surface area (Å²) in [4.78, 5) is 0. The Labute approximate surface area is 124 Å². The SMILES string of the molecule is C[SiH](C)c1ccc(C(P)(C(C)(C)C)C(C)(C)C)cc1. The van der Waals surface area contributed by atoms with Crippen LogP contribution in [0.2, 0.25) is 13.1 Å². The molecule has 0 aromatic heterocycles. The largest absolute Gasteiger partial charge is 0.125 e. The molecule has 0 heterocycles. The molecule has 0 radical (unpaired) electrons. The van der Waals surface area contributed by atoms with Crippen LogP contribution in [0.15, 0.2) is 24.3 Å². The molecule has 1 aromatic rings. The molecule has 0 saturated carbocycles. The topological polar surface area (TPSA) is 0 Å². The van der Waals surface area contributed by atoms with Gasteiger partial charge in [-0.3, -0.25) is 0 Å². The maximum Gasteiger partial charge on any atom is 0.0647 e. The molecule has 0 fully saturated rings. The van der Waals surface area contributed by atoms with Crippen LogP contribution in [0.5, 0.6) is 0 Å². The van der Waals surface area contributed by atoms with Gasteiger partial charge in [0.25, 0.3) is 0 Å². The van der Waals surface area contributed by atoms with E-state index < -0.39 is 8.80 Å². The minimum Gasteiger partial charge on any atom is -0.125 e.